The van der Waals surface area contributed by atoms with Gasteiger partial charge in [-0.25, -0.2) is 15.0 Å². The molecule has 0 bridgehead atoms. The van der Waals surface area contributed by atoms with Crippen molar-refractivity contribution >= 4 is 46.5 Å². The lowest BCUT2D eigenvalue weighted by atomic mass is 10.2. The molecule has 2 amide bonds. The molecule has 0 spiro atoms. The quantitative estimate of drug-likeness (QED) is 0.292. The first-order chi connectivity index (χ1) is 13.4. The standard InChI is InChI=1S/C18H18IN3O6/c1-26-13-5-3-12(4-6-13)21-18(25)22-20-9-11-7-14(19)17(15(8-11)27-2)28-10-16(23)24/h3-9H,10H2,1-2H3,(H,23,24)(H2,21,22,25)/b20-9+. The summed E-state index contributed by atoms with van der Waals surface area (Å²) >= 11 is 2.00. The van der Waals surface area contributed by atoms with Crippen LogP contribution < -0.4 is 25.0 Å². The van der Waals surface area contributed by atoms with E-state index in [1.165, 1.54) is 13.3 Å². The van der Waals surface area contributed by atoms with Crippen LogP contribution in [0.5, 0.6) is 17.2 Å². The van der Waals surface area contributed by atoms with Crippen molar-refractivity contribution in [3.63, 3.8) is 0 Å². The highest BCUT2D eigenvalue weighted by molar-refractivity contribution is 14.1. The number of carboxylic acids is 1. The number of nitrogens with one attached hydrogen (secondary N) is 2. The van der Waals surface area contributed by atoms with Crippen LogP contribution in [0.3, 0.4) is 0 Å². The molecule has 0 aliphatic rings. The van der Waals surface area contributed by atoms with Gasteiger partial charge in [-0.05, 0) is 64.6 Å². The van der Waals surface area contributed by atoms with Crippen molar-refractivity contribution < 1.29 is 28.9 Å². The number of anilines is 1. The van der Waals surface area contributed by atoms with E-state index < -0.39 is 18.6 Å². The van der Waals surface area contributed by atoms with E-state index in [0.29, 0.717) is 32.1 Å². The average Bonchev–Trinajstić information content (AvgIpc) is 2.67. The third-order valence-electron chi connectivity index (χ3n) is 3.32. The molecule has 0 saturated carbocycles. The molecule has 0 unspecified atom stereocenters. The fourth-order valence-electron chi connectivity index (χ4n) is 2.09. The van der Waals surface area contributed by atoms with E-state index in [4.69, 9.17) is 19.3 Å². The summed E-state index contributed by atoms with van der Waals surface area (Å²) in [6.45, 7) is -0.479. The SMILES string of the molecule is COc1ccc(NC(=O)N/N=C/c2cc(I)c(OCC(=O)O)c(OC)c2)cc1. The second kappa shape index (κ2) is 10.3. The van der Waals surface area contributed by atoms with Crippen molar-refractivity contribution in [1.29, 1.82) is 0 Å². The molecule has 9 nitrogen and oxygen atoms in total. The molecule has 10 heteroatoms. The zero-order chi connectivity index (χ0) is 20.5. The molecule has 28 heavy (non-hydrogen) atoms. The van der Waals surface area contributed by atoms with Crippen LogP contribution in [0.1, 0.15) is 5.56 Å². The van der Waals surface area contributed by atoms with E-state index in [2.05, 4.69) is 15.8 Å². The summed E-state index contributed by atoms with van der Waals surface area (Å²) in [5.74, 6) is 0.281. The van der Waals surface area contributed by atoms with E-state index in [1.54, 1.807) is 43.5 Å². The van der Waals surface area contributed by atoms with Gasteiger partial charge in [0.05, 0.1) is 24.0 Å². The van der Waals surface area contributed by atoms with Gasteiger partial charge in [0.1, 0.15) is 5.75 Å². The third kappa shape index (κ3) is 6.30. The Bertz CT molecular complexity index is 870. The molecule has 0 atom stereocenters. The molecule has 148 valence electrons. The number of nitrogens with zero attached hydrogens (tertiary/aromatic N) is 1. The van der Waals surface area contributed by atoms with Crippen LogP contribution in [-0.4, -0.2) is 44.1 Å². The molecule has 2 rings (SSSR count). The number of methoxy groups -OCH3 is 2. The van der Waals surface area contributed by atoms with Gasteiger partial charge in [-0.2, -0.15) is 5.10 Å². The summed E-state index contributed by atoms with van der Waals surface area (Å²) < 4.78 is 16.2. The first-order valence-corrected chi connectivity index (χ1v) is 8.97. The van der Waals surface area contributed by atoms with E-state index in [0.717, 1.165) is 0 Å². The molecular weight excluding hydrogens is 481 g/mol. The number of ether oxygens (including phenoxy) is 3. The Kier molecular flexibility index (Phi) is 7.87. The van der Waals surface area contributed by atoms with Crippen molar-refractivity contribution in [2.45, 2.75) is 0 Å². The topological polar surface area (TPSA) is 118 Å². The number of aliphatic carboxylic acids is 1. The Morgan fingerprint density at radius 2 is 1.89 bits per heavy atom. The normalized spacial score (nSPS) is 10.4. The molecule has 0 saturated heterocycles. The predicted octanol–water partition coefficient (Wildman–Crippen LogP) is 2.93. The Hall–Kier alpha value is -3.02. The molecule has 0 aliphatic carbocycles. The second-order valence-electron chi connectivity index (χ2n) is 5.27. The first kappa shape index (κ1) is 21.3. The van der Waals surface area contributed by atoms with Crippen molar-refractivity contribution in [2.24, 2.45) is 5.10 Å². The number of carboxylic acid groups (broad SMARTS) is 1. The number of urea groups is 1. The second-order valence-corrected chi connectivity index (χ2v) is 6.43. The minimum atomic E-state index is -1.09. The number of carbonyl (C=O) groups is 2. The summed E-state index contributed by atoms with van der Waals surface area (Å²) in [7, 11) is 3.01. The fourth-order valence-corrected chi connectivity index (χ4v) is 2.87. The number of benzene rings is 2. The van der Waals surface area contributed by atoms with Gasteiger partial charge >= 0.3 is 12.0 Å². The van der Waals surface area contributed by atoms with Crippen LogP contribution in [0.15, 0.2) is 41.5 Å². The molecule has 2 aromatic rings. The third-order valence-corrected chi connectivity index (χ3v) is 4.12. The van der Waals surface area contributed by atoms with Gasteiger partial charge in [0.2, 0.25) is 0 Å². The highest BCUT2D eigenvalue weighted by Gasteiger charge is 2.12. The van der Waals surface area contributed by atoms with Gasteiger partial charge in [-0.15, -0.1) is 0 Å². The highest BCUT2D eigenvalue weighted by atomic mass is 127. The summed E-state index contributed by atoms with van der Waals surface area (Å²) in [4.78, 5) is 22.6. The lowest BCUT2D eigenvalue weighted by Gasteiger charge is -2.12. The number of rotatable bonds is 8. The van der Waals surface area contributed by atoms with Crippen molar-refractivity contribution in [2.75, 3.05) is 26.1 Å². The maximum Gasteiger partial charge on any atom is 0.341 e. The van der Waals surface area contributed by atoms with Crippen molar-refractivity contribution in [3.05, 3.63) is 45.5 Å². The zero-order valence-electron chi connectivity index (χ0n) is 15.1. The van der Waals surface area contributed by atoms with Crippen LogP contribution in [0.4, 0.5) is 10.5 Å². The molecule has 0 radical (unpaired) electrons. The molecule has 3 N–H and O–H groups in total. The average molecular weight is 499 g/mol. The number of halogens is 1. The van der Waals surface area contributed by atoms with Gasteiger partial charge in [0.25, 0.3) is 0 Å². The van der Waals surface area contributed by atoms with Crippen molar-refractivity contribution in [3.8, 4) is 17.2 Å². The Morgan fingerprint density at radius 3 is 2.50 bits per heavy atom. The van der Waals surface area contributed by atoms with E-state index in [-0.39, 0.29) is 0 Å². The summed E-state index contributed by atoms with van der Waals surface area (Å²) in [5, 5.41) is 15.3. The Labute approximate surface area is 174 Å². The van der Waals surface area contributed by atoms with Gasteiger partial charge < -0.3 is 24.6 Å². The maximum atomic E-state index is 11.9. The summed E-state index contributed by atoms with van der Waals surface area (Å²) in [6.07, 6.45) is 1.43. The largest absolute Gasteiger partial charge is 0.497 e. The van der Waals surface area contributed by atoms with Crippen LogP contribution in [-0.2, 0) is 4.79 Å². The zero-order valence-corrected chi connectivity index (χ0v) is 17.2. The molecule has 0 aromatic heterocycles. The van der Waals surface area contributed by atoms with Crippen molar-refractivity contribution in [1.82, 2.24) is 5.43 Å². The first-order valence-electron chi connectivity index (χ1n) is 7.89. The molecule has 0 aliphatic heterocycles. The molecular formula is C18H18IN3O6. The number of hydrazone groups is 1. The number of carbonyl (C=O) groups excluding carboxylic acids is 1. The number of amides is 2. The molecule has 0 heterocycles. The van der Waals surface area contributed by atoms with Gasteiger partial charge in [0, 0.05) is 5.69 Å². The maximum absolute atomic E-state index is 11.9. The lowest BCUT2D eigenvalue weighted by Crippen LogP contribution is -2.24. The lowest BCUT2D eigenvalue weighted by molar-refractivity contribution is -0.139. The minimum Gasteiger partial charge on any atom is -0.497 e. The monoisotopic (exact) mass is 499 g/mol. The fraction of sp³-hybridized carbons (Fsp3) is 0.167. The van der Waals surface area contributed by atoms with Gasteiger partial charge in [-0.3, -0.25) is 0 Å². The van der Waals surface area contributed by atoms with E-state index in [9.17, 15) is 9.59 Å². The van der Waals surface area contributed by atoms with Crippen LogP contribution in [0.25, 0.3) is 0 Å². The van der Waals surface area contributed by atoms with Crippen LogP contribution >= 0.6 is 22.6 Å². The molecule has 2 aromatic carbocycles. The summed E-state index contributed by atoms with van der Waals surface area (Å²) in [6, 6.07) is 9.67. The molecule has 0 fully saturated rings. The Balaban J connectivity index is 1.99. The predicted molar refractivity (Wildman–Crippen MR) is 112 cm³/mol. The van der Waals surface area contributed by atoms with E-state index in [1.807, 2.05) is 22.6 Å². The smallest absolute Gasteiger partial charge is 0.341 e. The highest BCUT2D eigenvalue weighted by Crippen LogP contribution is 2.33. The van der Waals surface area contributed by atoms with Gasteiger partial charge in [0.15, 0.2) is 18.1 Å². The van der Waals surface area contributed by atoms with Gasteiger partial charge in [-0.1, -0.05) is 0 Å². The number of hydrogen-bond donors (Lipinski definition) is 3. The minimum absolute atomic E-state index is 0.327. The van der Waals surface area contributed by atoms with E-state index >= 15 is 0 Å². The summed E-state index contributed by atoms with van der Waals surface area (Å²) in [5.41, 5.74) is 3.58. The van der Waals surface area contributed by atoms with Crippen LogP contribution in [0.2, 0.25) is 0 Å². The van der Waals surface area contributed by atoms with Crippen LogP contribution in [0, 0.1) is 3.57 Å². The Morgan fingerprint density at radius 1 is 1.18 bits per heavy atom. The number of hydrogen-bond acceptors (Lipinski definition) is 6.